The summed E-state index contributed by atoms with van der Waals surface area (Å²) >= 11 is 0. The average Bonchev–Trinajstić information content (AvgIpc) is 2.39. The number of anilines is 2. The number of rotatable bonds is 5. The van der Waals surface area contributed by atoms with Gasteiger partial charge in [0.05, 0.1) is 0 Å². The highest BCUT2D eigenvalue weighted by molar-refractivity contribution is 5.57. The van der Waals surface area contributed by atoms with Gasteiger partial charge in [-0.2, -0.15) is 15.0 Å². The molecule has 0 bridgehead atoms. The average molecular weight is 261 g/mol. The lowest BCUT2D eigenvalue weighted by Gasteiger charge is -2.12. The third-order valence-electron chi connectivity index (χ3n) is 2.26. The number of hydrogen-bond acceptors (Lipinski definition) is 7. The highest BCUT2D eigenvalue weighted by atomic mass is 16.6. The summed E-state index contributed by atoms with van der Waals surface area (Å²) in [5.41, 5.74) is 6.43. The van der Waals surface area contributed by atoms with E-state index in [4.69, 9.17) is 10.5 Å². The first-order valence-electron chi connectivity index (χ1n) is 5.82. The van der Waals surface area contributed by atoms with Crippen molar-refractivity contribution in [3.05, 3.63) is 30.3 Å². The molecule has 2 aromatic rings. The van der Waals surface area contributed by atoms with Gasteiger partial charge in [-0.05, 0) is 6.92 Å². The van der Waals surface area contributed by atoms with E-state index in [1.807, 2.05) is 30.3 Å². The number of nitrogens with zero attached hydrogens (tertiary/aromatic N) is 3. The van der Waals surface area contributed by atoms with Gasteiger partial charge >= 0.3 is 0 Å². The predicted octanol–water partition coefficient (Wildman–Crippen LogP) is 0.845. The van der Waals surface area contributed by atoms with E-state index in [9.17, 15) is 5.11 Å². The first kappa shape index (κ1) is 13.2. The standard InChI is InChI=1S/C12H15N5O2/c1-2-19-12(18)17-11-15-9(14-10(13)16-11)8-6-4-3-5-7-8/h3-7,12,18H,2H2,1H3,(H3,13,14,15,16,17). The summed E-state index contributed by atoms with van der Waals surface area (Å²) in [6.07, 6.45) is -1.18. The topological polar surface area (TPSA) is 106 Å². The maximum atomic E-state index is 9.48. The molecule has 4 N–H and O–H groups in total. The van der Waals surface area contributed by atoms with Crippen LogP contribution in [0.25, 0.3) is 11.4 Å². The zero-order valence-electron chi connectivity index (χ0n) is 10.4. The second kappa shape index (κ2) is 6.07. The Bertz CT molecular complexity index is 535. The van der Waals surface area contributed by atoms with Crippen LogP contribution in [-0.4, -0.2) is 33.1 Å². The van der Waals surface area contributed by atoms with Crippen molar-refractivity contribution in [1.82, 2.24) is 15.0 Å². The zero-order valence-corrected chi connectivity index (χ0v) is 10.4. The Morgan fingerprint density at radius 3 is 2.68 bits per heavy atom. The molecule has 0 radical (unpaired) electrons. The molecule has 0 fully saturated rings. The Kier molecular flexibility index (Phi) is 4.22. The van der Waals surface area contributed by atoms with Crippen LogP contribution in [0.2, 0.25) is 0 Å². The molecule has 1 atom stereocenters. The van der Waals surface area contributed by atoms with Crippen molar-refractivity contribution in [2.75, 3.05) is 17.7 Å². The molecule has 0 aliphatic heterocycles. The van der Waals surface area contributed by atoms with Crippen molar-refractivity contribution in [3.63, 3.8) is 0 Å². The van der Waals surface area contributed by atoms with E-state index in [1.54, 1.807) is 6.92 Å². The lowest BCUT2D eigenvalue weighted by Crippen LogP contribution is -2.24. The smallest absolute Gasteiger partial charge is 0.237 e. The van der Waals surface area contributed by atoms with Gasteiger partial charge in [0.15, 0.2) is 5.82 Å². The molecule has 100 valence electrons. The number of aliphatic hydroxyl groups excluding tert-OH is 1. The molecule has 0 aliphatic carbocycles. The number of nitrogens with two attached hydrogens (primary N) is 1. The van der Waals surface area contributed by atoms with Crippen molar-refractivity contribution < 1.29 is 9.84 Å². The van der Waals surface area contributed by atoms with Crippen LogP contribution in [0.3, 0.4) is 0 Å². The maximum absolute atomic E-state index is 9.48. The van der Waals surface area contributed by atoms with E-state index in [0.717, 1.165) is 5.56 Å². The largest absolute Gasteiger partial charge is 0.368 e. The van der Waals surface area contributed by atoms with Gasteiger partial charge in [0.1, 0.15) is 0 Å². The summed E-state index contributed by atoms with van der Waals surface area (Å²) in [5, 5.41) is 12.1. The van der Waals surface area contributed by atoms with Gasteiger partial charge in [-0.1, -0.05) is 30.3 Å². The quantitative estimate of drug-likeness (QED) is 0.685. The molecule has 7 nitrogen and oxygen atoms in total. The highest BCUT2D eigenvalue weighted by Gasteiger charge is 2.09. The van der Waals surface area contributed by atoms with Crippen molar-refractivity contribution in [1.29, 1.82) is 0 Å². The fourth-order valence-corrected chi connectivity index (χ4v) is 1.48. The Morgan fingerprint density at radius 2 is 2.00 bits per heavy atom. The molecule has 0 saturated heterocycles. The van der Waals surface area contributed by atoms with Gasteiger partial charge < -0.3 is 20.9 Å². The van der Waals surface area contributed by atoms with Gasteiger partial charge in [-0.25, -0.2) is 0 Å². The van der Waals surface area contributed by atoms with Crippen LogP contribution in [0.1, 0.15) is 6.92 Å². The summed E-state index contributed by atoms with van der Waals surface area (Å²) in [5.74, 6) is 0.659. The second-order valence-corrected chi connectivity index (χ2v) is 3.66. The molecule has 0 aliphatic rings. The summed E-state index contributed by atoms with van der Waals surface area (Å²) in [7, 11) is 0. The minimum absolute atomic E-state index is 0.0695. The highest BCUT2D eigenvalue weighted by Crippen LogP contribution is 2.16. The number of ether oxygens (including phenoxy) is 1. The molecule has 1 aromatic carbocycles. The Balaban J connectivity index is 2.25. The van der Waals surface area contributed by atoms with Crippen LogP contribution in [0.15, 0.2) is 30.3 Å². The molecule has 0 amide bonds. The normalized spacial score (nSPS) is 12.1. The summed E-state index contributed by atoms with van der Waals surface area (Å²) < 4.78 is 4.93. The molecule has 2 rings (SSSR count). The molecule has 7 heteroatoms. The van der Waals surface area contributed by atoms with E-state index in [0.29, 0.717) is 12.4 Å². The van der Waals surface area contributed by atoms with Crippen molar-refractivity contribution in [2.24, 2.45) is 0 Å². The maximum Gasteiger partial charge on any atom is 0.237 e. The van der Waals surface area contributed by atoms with Crippen LogP contribution < -0.4 is 11.1 Å². The zero-order chi connectivity index (χ0) is 13.7. The summed E-state index contributed by atoms with van der Waals surface area (Å²) in [4.78, 5) is 12.1. The lowest BCUT2D eigenvalue weighted by molar-refractivity contribution is -0.0735. The number of hydrogen-bond donors (Lipinski definition) is 3. The van der Waals surface area contributed by atoms with Crippen LogP contribution in [-0.2, 0) is 4.74 Å². The molecular weight excluding hydrogens is 246 g/mol. The van der Waals surface area contributed by atoms with Crippen LogP contribution in [0.5, 0.6) is 0 Å². The Labute approximate surface area is 110 Å². The van der Waals surface area contributed by atoms with Crippen molar-refractivity contribution >= 4 is 11.9 Å². The molecule has 0 saturated carbocycles. The second-order valence-electron chi connectivity index (χ2n) is 3.66. The van der Waals surface area contributed by atoms with E-state index in [-0.39, 0.29) is 11.9 Å². The minimum atomic E-state index is -1.18. The lowest BCUT2D eigenvalue weighted by atomic mass is 10.2. The molecule has 19 heavy (non-hydrogen) atoms. The monoisotopic (exact) mass is 261 g/mol. The predicted molar refractivity (Wildman–Crippen MR) is 70.9 cm³/mol. The van der Waals surface area contributed by atoms with E-state index >= 15 is 0 Å². The molecule has 1 unspecified atom stereocenters. The van der Waals surface area contributed by atoms with Gasteiger partial charge in [-0.15, -0.1) is 0 Å². The number of benzene rings is 1. The molecule has 1 aromatic heterocycles. The SMILES string of the molecule is CCOC(O)Nc1nc(N)nc(-c2ccccc2)n1. The van der Waals surface area contributed by atoms with Crippen LogP contribution >= 0.6 is 0 Å². The van der Waals surface area contributed by atoms with Gasteiger partial charge in [0.25, 0.3) is 0 Å². The van der Waals surface area contributed by atoms with Crippen LogP contribution in [0.4, 0.5) is 11.9 Å². The van der Waals surface area contributed by atoms with E-state index < -0.39 is 6.41 Å². The van der Waals surface area contributed by atoms with Crippen molar-refractivity contribution in [3.8, 4) is 11.4 Å². The fourth-order valence-electron chi connectivity index (χ4n) is 1.48. The third-order valence-corrected chi connectivity index (χ3v) is 2.26. The van der Waals surface area contributed by atoms with Crippen LogP contribution in [0, 0.1) is 0 Å². The third kappa shape index (κ3) is 3.60. The summed E-state index contributed by atoms with van der Waals surface area (Å²) in [6, 6.07) is 9.36. The number of nitrogens with one attached hydrogen (secondary N) is 1. The first-order valence-corrected chi connectivity index (χ1v) is 5.82. The number of nitrogen functional groups attached to an aromatic ring is 1. The summed E-state index contributed by atoms with van der Waals surface area (Å²) in [6.45, 7) is 2.13. The molecular formula is C12H15N5O2. The molecule has 0 spiro atoms. The van der Waals surface area contributed by atoms with Gasteiger partial charge in [0.2, 0.25) is 18.3 Å². The van der Waals surface area contributed by atoms with Crippen molar-refractivity contribution in [2.45, 2.75) is 13.3 Å². The van der Waals surface area contributed by atoms with E-state index in [1.165, 1.54) is 0 Å². The fraction of sp³-hybridized carbons (Fsp3) is 0.250. The Morgan fingerprint density at radius 1 is 1.26 bits per heavy atom. The van der Waals surface area contributed by atoms with Gasteiger partial charge in [-0.3, -0.25) is 0 Å². The Hall–Kier alpha value is -2.25. The minimum Gasteiger partial charge on any atom is -0.368 e. The number of aromatic nitrogens is 3. The van der Waals surface area contributed by atoms with E-state index in [2.05, 4.69) is 20.3 Å². The first-order chi connectivity index (χ1) is 9.19. The van der Waals surface area contributed by atoms with Gasteiger partial charge in [0, 0.05) is 12.2 Å². The molecule has 1 heterocycles. The number of aliphatic hydroxyl groups is 1.